The summed E-state index contributed by atoms with van der Waals surface area (Å²) in [7, 11) is 1.89. The summed E-state index contributed by atoms with van der Waals surface area (Å²) in [6.45, 7) is 10.7. The maximum absolute atomic E-state index is 12.5. The second-order valence-corrected chi connectivity index (χ2v) is 8.21. The molecular weight excluding hydrogens is 402 g/mol. The molecule has 0 aliphatic carbocycles. The van der Waals surface area contributed by atoms with Crippen LogP contribution in [0.4, 0.5) is 0 Å². The van der Waals surface area contributed by atoms with Gasteiger partial charge in [0.05, 0.1) is 5.69 Å². The number of aryl methyl sites for hydroxylation is 3. The summed E-state index contributed by atoms with van der Waals surface area (Å²) >= 11 is 6.26. The van der Waals surface area contributed by atoms with Crippen molar-refractivity contribution in [2.45, 2.75) is 53.7 Å². The van der Waals surface area contributed by atoms with Crippen LogP contribution in [-0.2, 0) is 20.2 Å². The Hall–Kier alpha value is -2.73. The number of furan rings is 1. The van der Waals surface area contributed by atoms with Crippen LogP contribution >= 0.6 is 11.6 Å². The van der Waals surface area contributed by atoms with E-state index in [-0.39, 0.29) is 24.2 Å². The zero-order valence-corrected chi connectivity index (χ0v) is 19.1. The molecule has 6 nitrogen and oxygen atoms in total. The lowest BCUT2D eigenvalue weighted by Gasteiger charge is -2.15. The molecule has 0 unspecified atom stereocenters. The lowest BCUT2D eigenvalue weighted by molar-refractivity contribution is 0.0919. The molecule has 7 heteroatoms. The van der Waals surface area contributed by atoms with Crippen LogP contribution in [0.25, 0.3) is 0 Å². The largest absolute Gasteiger partial charge is 0.485 e. The highest BCUT2D eigenvalue weighted by atomic mass is 35.5. The van der Waals surface area contributed by atoms with Crippen LogP contribution in [0.5, 0.6) is 5.75 Å². The van der Waals surface area contributed by atoms with Gasteiger partial charge < -0.3 is 14.5 Å². The Kier molecular flexibility index (Phi) is 6.56. The third-order valence-corrected chi connectivity index (χ3v) is 5.66. The summed E-state index contributed by atoms with van der Waals surface area (Å²) < 4.78 is 13.5. The van der Waals surface area contributed by atoms with E-state index in [4.69, 9.17) is 20.8 Å². The fourth-order valence-corrected chi connectivity index (χ4v) is 3.47. The van der Waals surface area contributed by atoms with Crippen molar-refractivity contribution in [1.82, 2.24) is 15.1 Å². The molecule has 0 aliphatic rings. The lowest BCUT2D eigenvalue weighted by atomic mass is 10.0. The van der Waals surface area contributed by atoms with E-state index in [1.54, 1.807) is 12.1 Å². The Morgan fingerprint density at radius 2 is 2.00 bits per heavy atom. The Morgan fingerprint density at radius 1 is 1.27 bits per heavy atom. The summed E-state index contributed by atoms with van der Waals surface area (Å²) in [5, 5.41) is 7.98. The fraction of sp³-hybridized carbons (Fsp3) is 0.391. The molecule has 0 saturated heterocycles. The normalized spacial score (nSPS) is 11.2. The van der Waals surface area contributed by atoms with Crippen molar-refractivity contribution in [1.29, 1.82) is 0 Å². The number of nitrogens with zero attached hydrogens (tertiary/aromatic N) is 2. The smallest absolute Gasteiger partial charge is 0.287 e. The summed E-state index contributed by atoms with van der Waals surface area (Å²) in [5.41, 5.74) is 4.94. The Balaban J connectivity index is 1.64. The Morgan fingerprint density at radius 3 is 2.63 bits per heavy atom. The first-order chi connectivity index (χ1) is 14.2. The summed E-state index contributed by atoms with van der Waals surface area (Å²) in [6.07, 6.45) is 0. The average molecular weight is 430 g/mol. The van der Waals surface area contributed by atoms with E-state index in [2.05, 4.69) is 24.3 Å². The van der Waals surface area contributed by atoms with Crippen molar-refractivity contribution in [2.75, 3.05) is 0 Å². The Bertz CT molecular complexity index is 1070. The summed E-state index contributed by atoms with van der Waals surface area (Å²) in [5.74, 6) is 1.61. The molecule has 0 radical (unpaired) electrons. The number of rotatable bonds is 7. The number of carbonyl (C=O) groups excluding carboxylic acids is 1. The molecule has 1 amide bonds. The van der Waals surface area contributed by atoms with Crippen LogP contribution in [-0.4, -0.2) is 15.7 Å². The fourth-order valence-electron chi connectivity index (χ4n) is 3.30. The van der Waals surface area contributed by atoms with Gasteiger partial charge in [-0.15, -0.1) is 0 Å². The van der Waals surface area contributed by atoms with Crippen molar-refractivity contribution in [3.8, 4) is 5.75 Å². The molecule has 0 aliphatic heterocycles. The van der Waals surface area contributed by atoms with Crippen molar-refractivity contribution < 1.29 is 13.9 Å². The first-order valence-corrected chi connectivity index (χ1v) is 10.3. The second-order valence-electron chi connectivity index (χ2n) is 7.80. The highest BCUT2D eigenvalue weighted by molar-refractivity contribution is 6.31. The lowest BCUT2D eigenvalue weighted by Crippen LogP contribution is -2.23. The van der Waals surface area contributed by atoms with Crippen LogP contribution in [0.15, 0.2) is 28.7 Å². The van der Waals surface area contributed by atoms with Crippen LogP contribution in [0.2, 0.25) is 5.02 Å². The Labute approximate surface area is 182 Å². The molecule has 0 bridgehead atoms. The number of hydrogen-bond acceptors (Lipinski definition) is 4. The highest BCUT2D eigenvalue weighted by Crippen LogP contribution is 2.32. The number of nitrogens with one attached hydrogen (secondary N) is 1. The third-order valence-electron chi connectivity index (χ3n) is 5.25. The van der Waals surface area contributed by atoms with E-state index in [0.717, 1.165) is 38.9 Å². The van der Waals surface area contributed by atoms with Crippen molar-refractivity contribution in [2.24, 2.45) is 7.05 Å². The van der Waals surface area contributed by atoms with E-state index in [0.29, 0.717) is 12.3 Å². The van der Waals surface area contributed by atoms with Crippen LogP contribution in [0, 0.1) is 20.8 Å². The number of ether oxygens (including phenoxy) is 1. The SMILES string of the molecule is Cc1cc(OCc2ccc(C(=O)NCc3c(C)nn(C)c3C)o2)c(C(C)C)cc1Cl. The number of carbonyl (C=O) groups is 1. The molecule has 0 spiro atoms. The van der Waals surface area contributed by atoms with Gasteiger partial charge in [0.1, 0.15) is 18.1 Å². The zero-order valence-electron chi connectivity index (χ0n) is 18.3. The maximum atomic E-state index is 12.5. The third kappa shape index (κ3) is 4.70. The predicted molar refractivity (Wildman–Crippen MR) is 117 cm³/mol. The monoisotopic (exact) mass is 429 g/mol. The van der Waals surface area contributed by atoms with Crippen molar-refractivity contribution >= 4 is 17.5 Å². The summed E-state index contributed by atoms with van der Waals surface area (Å²) in [6, 6.07) is 7.30. The van der Waals surface area contributed by atoms with E-state index >= 15 is 0 Å². The van der Waals surface area contributed by atoms with Gasteiger partial charge in [-0.3, -0.25) is 9.48 Å². The molecule has 2 aromatic heterocycles. The van der Waals surface area contributed by atoms with Gasteiger partial charge in [-0.25, -0.2) is 0 Å². The molecule has 160 valence electrons. The molecule has 0 saturated carbocycles. The van der Waals surface area contributed by atoms with E-state index < -0.39 is 0 Å². The standard InChI is InChI=1S/C23H28ClN3O3/c1-13(2)18-10-20(24)14(3)9-22(18)29-12-17-7-8-21(30-17)23(28)25-11-19-15(4)26-27(6)16(19)5/h7-10,13H,11-12H2,1-6H3,(H,25,28). The topological polar surface area (TPSA) is 69.3 Å². The minimum Gasteiger partial charge on any atom is -0.485 e. The number of aromatic nitrogens is 2. The zero-order chi connectivity index (χ0) is 22.0. The molecule has 3 rings (SSSR count). The molecule has 0 atom stereocenters. The first-order valence-electron chi connectivity index (χ1n) is 9.96. The van der Waals surface area contributed by atoms with Crippen molar-refractivity contribution in [3.05, 3.63) is 68.9 Å². The van der Waals surface area contributed by atoms with Crippen LogP contribution in [0.1, 0.15) is 64.2 Å². The number of benzene rings is 1. The molecule has 3 aromatic rings. The number of halogens is 1. The van der Waals surface area contributed by atoms with Gasteiger partial charge in [-0.1, -0.05) is 25.4 Å². The highest BCUT2D eigenvalue weighted by Gasteiger charge is 2.16. The van der Waals surface area contributed by atoms with Gasteiger partial charge in [0.15, 0.2) is 5.76 Å². The molecule has 2 heterocycles. The predicted octanol–water partition coefficient (Wildman–Crippen LogP) is 5.22. The minimum absolute atomic E-state index is 0.231. The van der Waals surface area contributed by atoms with E-state index in [1.807, 2.05) is 44.6 Å². The van der Waals surface area contributed by atoms with Gasteiger partial charge in [0.25, 0.3) is 5.91 Å². The van der Waals surface area contributed by atoms with Gasteiger partial charge in [-0.05, 0) is 62.1 Å². The van der Waals surface area contributed by atoms with Crippen LogP contribution < -0.4 is 10.1 Å². The minimum atomic E-state index is -0.269. The molecule has 1 N–H and O–H groups in total. The average Bonchev–Trinajstić information content (AvgIpc) is 3.25. The van der Waals surface area contributed by atoms with E-state index in [9.17, 15) is 4.79 Å². The maximum Gasteiger partial charge on any atom is 0.287 e. The van der Waals surface area contributed by atoms with Crippen LogP contribution in [0.3, 0.4) is 0 Å². The van der Waals surface area contributed by atoms with Gasteiger partial charge in [-0.2, -0.15) is 5.10 Å². The first kappa shape index (κ1) is 22.0. The van der Waals surface area contributed by atoms with Crippen molar-refractivity contribution in [3.63, 3.8) is 0 Å². The number of amides is 1. The van der Waals surface area contributed by atoms with E-state index in [1.165, 1.54) is 0 Å². The van der Waals surface area contributed by atoms with Gasteiger partial charge in [0.2, 0.25) is 0 Å². The molecular formula is C23H28ClN3O3. The summed E-state index contributed by atoms with van der Waals surface area (Å²) in [4.78, 5) is 12.5. The molecule has 30 heavy (non-hydrogen) atoms. The molecule has 0 fully saturated rings. The van der Waals surface area contributed by atoms with Gasteiger partial charge in [0, 0.05) is 29.9 Å². The quantitative estimate of drug-likeness (QED) is 0.558. The van der Waals surface area contributed by atoms with Gasteiger partial charge >= 0.3 is 0 Å². The second kappa shape index (κ2) is 8.96. The number of hydrogen-bond donors (Lipinski definition) is 1. The molecule has 1 aromatic carbocycles.